The number of amides is 4. The number of rotatable bonds is 5. The van der Waals surface area contributed by atoms with Crippen LogP contribution in [0.5, 0.6) is 0 Å². The van der Waals surface area contributed by atoms with Crippen molar-refractivity contribution in [1.29, 1.82) is 0 Å². The number of hydrogen-bond donors (Lipinski definition) is 1. The first kappa shape index (κ1) is 18.8. The van der Waals surface area contributed by atoms with Crippen LogP contribution < -0.4 is 10.2 Å². The van der Waals surface area contributed by atoms with Crippen LogP contribution in [0.2, 0.25) is 0 Å². The van der Waals surface area contributed by atoms with Gasteiger partial charge < -0.3 is 15.1 Å². The second kappa shape index (κ2) is 7.45. The lowest BCUT2D eigenvalue weighted by atomic mass is 9.98. The first-order valence-electron chi connectivity index (χ1n) is 10.2. The molecule has 7 nitrogen and oxygen atoms in total. The van der Waals surface area contributed by atoms with Gasteiger partial charge in [-0.2, -0.15) is 0 Å². The summed E-state index contributed by atoms with van der Waals surface area (Å²) in [7, 11) is 1.73. The van der Waals surface area contributed by atoms with Gasteiger partial charge in [0.05, 0.1) is 0 Å². The van der Waals surface area contributed by atoms with Gasteiger partial charge in [-0.3, -0.25) is 14.5 Å². The Balaban J connectivity index is 1.42. The van der Waals surface area contributed by atoms with Crippen molar-refractivity contribution >= 4 is 23.5 Å². The van der Waals surface area contributed by atoms with Crippen molar-refractivity contribution in [3.8, 4) is 0 Å². The molecule has 2 saturated heterocycles. The summed E-state index contributed by atoms with van der Waals surface area (Å²) >= 11 is 0. The molecule has 1 aliphatic carbocycles. The normalized spacial score (nSPS) is 20.9. The molecule has 1 spiro atoms. The predicted octanol–water partition coefficient (Wildman–Crippen LogP) is 2.11. The molecule has 7 heteroatoms. The molecule has 0 bridgehead atoms. The van der Waals surface area contributed by atoms with Crippen LogP contribution in [0.4, 0.5) is 10.5 Å². The van der Waals surface area contributed by atoms with Gasteiger partial charge in [0.2, 0.25) is 5.91 Å². The van der Waals surface area contributed by atoms with Crippen LogP contribution >= 0.6 is 0 Å². The Morgan fingerprint density at radius 3 is 2.50 bits per heavy atom. The maximum absolute atomic E-state index is 12.8. The van der Waals surface area contributed by atoms with Gasteiger partial charge in [0, 0.05) is 32.4 Å². The molecule has 1 aromatic rings. The zero-order valence-corrected chi connectivity index (χ0v) is 16.4. The maximum atomic E-state index is 12.8. The van der Waals surface area contributed by atoms with E-state index >= 15 is 0 Å². The summed E-state index contributed by atoms with van der Waals surface area (Å²) in [5, 5.41) is 2.83. The van der Waals surface area contributed by atoms with E-state index in [4.69, 9.17) is 0 Å². The minimum atomic E-state index is -0.766. The summed E-state index contributed by atoms with van der Waals surface area (Å²) < 4.78 is 0. The Morgan fingerprint density at radius 2 is 1.79 bits per heavy atom. The fraction of sp³-hybridized carbons (Fsp3) is 0.571. The highest BCUT2D eigenvalue weighted by molar-refractivity contribution is 6.09. The maximum Gasteiger partial charge on any atom is 0.325 e. The van der Waals surface area contributed by atoms with Crippen LogP contribution in [0, 0.1) is 0 Å². The largest absolute Gasteiger partial charge is 0.371 e. The van der Waals surface area contributed by atoms with Crippen LogP contribution in [0.3, 0.4) is 0 Å². The summed E-state index contributed by atoms with van der Waals surface area (Å²) in [6.45, 7) is 2.34. The lowest BCUT2D eigenvalue weighted by Crippen LogP contribution is -2.45. The molecule has 1 saturated carbocycles. The average molecular weight is 384 g/mol. The van der Waals surface area contributed by atoms with Gasteiger partial charge in [-0.25, -0.2) is 4.79 Å². The highest BCUT2D eigenvalue weighted by Gasteiger charge is 2.52. The molecule has 1 N–H and O–H groups in total. The third-order valence-electron chi connectivity index (χ3n) is 6.27. The molecule has 3 fully saturated rings. The van der Waals surface area contributed by atoms with Crippen LogP contribution in [0.15, 0.2) is 24.3 Å². The Kier molecular flexibility index (Phi) is 5.00. The number of imide groups is 1. The molecular formula is C21H28N4O3. The minimum Gasteiger partial charge on any atom is -0.371 e. The van der Waals surface area contributed by atoms with Crippen molar-refractivity contribution in [3.63, 3.8) is 0 Å². The molecule has 0 unspecified atom stereocenters. The number of likely N-dealkylation sites (N-methyl/N-ethyl adjacent to an activating group) is 1. The van der Waals surface area contributed by atoms with E-state index < -0.39 is 11.6 Å². The summed E-state index contributed by atoms with van der Waals surface area (Å²) in [6, 6.07) is 7.70. The Bertz CT molecular complexity index is 782. The quantitative estimate of drug-likeness (QED) is 0.789. The Morgan fingerprint density at radius 1 is 1.11 bits per heavy atom. The van der Waals surface area contributed by atoms with E-state index in [1.165, 1.54) is 18.5 Å². The number of hydrogen-bond acceptors (Lipinski definition) is 4. The molecule has 2 heterocycles. The zero-order chi connectivity index (χ0) is 19.7. The topological polar surface area (TPSA) is 73.0 Å². The number of nitrogens with one attached hydrogen (secondary N) is 1. The van der Waals surface area contributed by atoms with Gasteiger partial charge in [0.15, 0.2) is 0 Å². The second-order valence-corrected chi connectivity index (χ2v) is 8.18. The van der Waals surface area contributed by atoms with Crippen LogP contribution in [-0.4, -0.2) is 59.9 Å². The van der Waals surface area contributed by atoms with E-state index in [1.807, 2.05) is 18.2 Å². The molecule has 4 rings (SSSR count). The highest BCUT2D eigenvalue weighted by Crippen LogP contribution is 2.35. The molecule has 0 radical (unpaired) electrons. The molecule has 28 heavy (non-hydrogen) atoms. The van der Waals surface area contributed by atoms with Gasteiger partial charge in [-0.05, 0) is 37.3 Å². The minimum absolute atomic E-state index is 0.200. The van der Waals surface area contributed by atoms with Gasteiger partial charge in [0.25, 0.3) is 5.91 Å². The second-order valence-electron chi connectivity index (χ2n) is 8.18. The average Bonchev–Trinajstić information content (AvgIpc) is 3.42. The first-order valence-corrected chi connectivity index (χ1v) is 10.2. The number of anilines is 1. The smallest absolute Gasteiger partial charge is 0.325 e. The van der Waals surface area contributed by atoms with Crippen molar-refractivity contribution < 1.29 is 14.4 Å². The lowest BCUT2D eigenvalue weighted by molar-refractivity contribution is -0.138. The number of benzene rings is 1. The lowest BCUT2D eigenvalue weighted by Gasteiger charge is -2.25. The van der Waals surface area contributed by atoms with Gasteiger partial charge in [0.1, 0.15) is 12.1 Å². The summed E-state index contributed by atoms with van der Waals surface area (Å²) in [6.07, 6.45) is 5.58. The van der Waals surface area contributed by atoms with Crippen molar-refractivity contribution in [2.45, 2.75) is 50.6 Å². The van der Waals surface area contributed by atoms with Gasteiger partial charge in [-0.15, -0.1) is 0 Å². The van der Waals surface area contributed by atoms with Crippen molar-refractivity contribution in [2.24, 2.45) is 0 Å². The number of urea groups is 1. The van der Waals surface area contributed by atoms with E-state index in [2.05, 4.69) is 16.3 Å². The molecular weight excluding hydrogens is 356 g/mol. The van der Waals surface area contributed by atoms with E-state index in [1.54, 1.807) is 11.9 Å². The fourth-order valence-electron chi connectivity index (χ4n) is 4.65. The summed E-state index contributed by atoms with van der Waals surface area (Å²) in [5.74, 6) is -0.469. The summed E-state index contributed by atoms with van der Waals surface area (Å²) in [5.41, 5.74) is 1.49. The Hall–Kier alpha value is -2.57. The first-order chi connectivity index (χ1) is 13.5. The highest BCUT2D eigenvalue weighted by atomic mass is 16.2. The van der Waals surface area contributed by atoms with E-state index in [0.29, 0.717) is 19.4 Å². The fourth-order valence-corrected chi connectivity index (χ4v) is 4.65. The Labute approximate surface area is 165 Å². The molecule has 2 aliphatic heterocycles. The third-order valence-corrected chi connectivity index (χ3v) is 6.27. The molecule has 4 amide bonds. The van der Waals surface area contributed by atoms with Crippen LogP contribution in [0.25, 0.3) is 0 Å². The van der Waals surface area contributed by atoms with Crippen molar-refractivity contribution in [2.75, 3.05) is 31.6 Å². The van der Waals surface area contributed by atoms with E-state index in [0.717, 1.165) is 36.4 Å². The van der Waals surface area contributed by atoms with Gasteiger partial charge >= 0.3 is 6.03 Å². The summed E-state index contributed by atoms with van der Waals surface area (Å²) in [4.78, 5) is 42.9. The number of nitrogens with zero attached hydrogens (tertiary/aromatic N) is 3. The molecule has 150 valence electrons. The number of para-hydroxylation sites is 1. The van der Waals surface area contributed by atoms with E-state index in [-0.39, 0.29) is 18.4 Å². The standard InChI is InChI=1S/C21H28N4O3/c1-23(14-16-8-2-3-9-17(16)24-12-6-7-13-24)18(26)15-25-19(27)21(22-20(25)28)10-4-5-11-21/h2-3,8-9H,4-7,10-15H2,1H3,(H,22,28). The van der Waals surface area contributed by atoms with Crippen LogP contribution in [-0.2, 0) is 16.1 Å². The molecule has 1 aromatic carbocycles. The number of carbonyl (C=O) groups is 3. The third kappa shape index (κ3) is 3.34. The zero-order valence-electron chi connectivity index (χ0n) is 16.4. The number of carbonyl (C=O) groups excluding carboxylic acids is 3. The SMILES string of the molecule is CN(Cc1ccccc1N1CCCC1)C(=O)CN1C(=O)NC2(CCCC2)C1=O. The monoisotopic (exact) mass is 384 g/mol. The van der Waals surface area contributed by atoms with E-state index in [9.17, 15) is 14.4 Å². The molecule has 3 aliphatic rings. The molecule has 0 atom stereocenters. The van der Waals surface area contributed by atoms with Crippen molar-refractivity contribution in [3.05, 3.63) is 29.8 Å². The van der Waals surface area contributed by atoms with Crippen molar-refractivity contribution in [1.82, 2.24) is 15.1 Å². The van der Waals surface area contributed by atoms with Gasteiger partial charge in [-0.1, -0.05) is 31.0 Å². The predicted molar refractivity (Wildman–Crippen MR) is 106 cm³/mol. The molecule has 0 aromatic heterocycles. The van der Waals surface area contributed by atoms with Crippen LogP contribution in [0.1, 0.15) is 44.1 Å².